The Kier molecular flexibility index (Phi) is 4.12. The standard InChI is InChI=1S/C11H18O4/c1-7-3-2-4-8(5-7)9(11(14)15)6-10(12)13/h7-9H,2-6H2,1H3,(H,12,13)(H,14,15). The summed E-state index contributed by atoms with van der Waals surface area (Å²) in [6, 6.07) is 0. The van der Waals surface area contributed by atoms with Gasteiger partial charge in [0, 0.05) is 0 Å². The molecule has 1 fully saturated rings. The molecule has 0 bridgehead atoms. The normalized spacial score (nSPS) is 28.3. The van der Waals surface area contributed by atoms with Crippen LogP contribution in [0.4, 0.5) is 0 Å². The highest BCUT2D eigenvalue weighted by molar-refractivity contribution is 5.78. The van der Waals surface area contributed by atoms with Crippen molar-refractivity contribution < 1.29 is 19.8 Å². The predicted molar refractivity (Wildman–Crippen MR) is 54.5 cm³/mol. The number of hydrogen-bond donors (Lipinski definition) is 2. The Balaban J connectivity index is 2.61. The number of carbonyl (C=O) groups is 2. The quantitative estimate of drug-likeness (QED) is 0.750. The first-order valence-electron chi connectivity index (χ1n) is 5.45. The maximum atomic E-state index is 11.0. The third kappa shape index (κ3) is 3.53. The van der Waals surface area contributed by atoms with Crippen molar-refractivity contribution in [3.05, 3.63) is 0 Å². The zero-order valence-corrected chi connectivity index (χ0v) is 8.98. The molecule has 1 saturated carbocycles. The van der Waals surface area contributed by atoms with Crippen molar-refractivity contribution in [1.82, 2.24) is 0 Å². The zero-order valence-electron chi connectivity index (χ0n) is 8.98. The Bertz CT molecular complexity index is 249. The summed E-state index contributed by atoms with van der Waals surface area (Å²) >= 11 is 0. The van der Waals surface area contributed by atoms with Gasteiger partial charge in [-0.15, -0.1) is 0 Å². The Labute approximate surface area is 89.3 Å². The van der Waals surface area contributed by atoms with Crippen LogP contribution in [0.15, 0.2) is 0 Å². The third-order valence-corrected chi connectivity index (χ3v) is 3.26. The first kappa shape index (κ1) is 12.0. The molecule has 2 N–H and O–H groups in total. The molecule has 0 aromatic carbocycles. The van der Waals surface area contributed by atoms with Crippen LogP contribution >= 0.6 is 0 Å². The van der Waals surface area contributed by atoms with Crippen molar-refractivity contribution in [3.8, 4) is 0 Å². The van der Waals surface area contributed by atoms with Gasteiger partial charge in [-0.2, -0.15) is 0 Å². The van der Waals surface area contributed by atoms with Gasteiger partial charge in [-0.1, -0.05) is 19.8 Å². The molecule has 0 spiro atoms. The first-order valence-corrected chi connectivity index (χ1v) is 5.45. The summed E-state index contributed by atoms with van der Waals surface area (Å²) in [7, 11) is 0. The van der Waals surface area contributed by atoms with E-state index in [4.69, 9.17) is 10.2 Å². The van der Waals surface area contributed by atoms with Crippen LogP contribution in [0.3, 0.4) is 0 Å². The Morgan fingerprint density at radius 1 is 1.33 bits per heavy atom. The fourth-order valence-corrected chi connectivity index (χ4v) is 2.49. The van der Waals surface area contributed by atoms with E-state index in [1.807, 2.05) is 0 Å². The molecule has 4 heteroatoms. The summed E-state index contributed by atoms with van der Waals surface area (Å²) in [4.78, 5) is 21.6. The lowest BCUT2D eigenvalue weighted by atomic mass is 9.74. The molecule has 86 valence electrons. The fourth-order valence-electron chi connectivity index (χ4n) is 2.49. The maximum absolute atomic E-state index is 11.0. The van der Waals surface area contributed by atoms with Crippen molar-refractivity contribution in [2.24, 2.45) is 17.8 Å². The summed E-state index contributed by atoms with van der Waals surface area (Å²) in [5, 5.41) is 17.7. The third-order valence-electron chi connectivity index (χ3n) is 3.26. The van der Waals surface area contributed by atoms with Crippen molar-refractivity contribution >= 4 is 11.9 Å². The highest BCUT2D eigenvalue weighted by Gasteiger charge is 2.32. The molecule has 15 heavy (non-hydrogen) atoms. The minimum Gasteiger partial charge on any atom is -0.481 e. The highest BCUT2D eigenvalue weighted by atomic mass is 16.4. The molecule has 1 aliphatic rings. The molecule has 1 aliphatic carbocycles. The lowest BCUT2D eigenvalue weighted by Gasteiger charge is -2.30. The van der Waals surface area contributed by atoms with E-state index >= 15 is 0 Å². The van der Waals surface area contributed by atoms with Gasteiger partial charge >= 0.3 is 11.9 Å². The molecule has 4 nitrogen and oxygen atoms in total. The lowest BCUT2D eigenvalue weighted by Crippen LogP contribution is -2.29. The predicted octanol–water partition coefficient (Wildman–Crippen LogP) is 1.99. The van der Waals surface area contributed by atoms with Crippen molar-refractivity contribution in [3.63, 3.8) is 0 Å². The highest BCUT2D eigenvalue weighted by Crippen LogP contribution is 2.35. The molecule has 3 atom stereocenters. The van der Waals surface area contributed by atoms with E-state index in [-0.39, 0.29) is 12.3 Å². The van der Waals surface area contributed by atoms with Gasteiger partial charge < -0.3 is 10.2 Å². The van der Waals surface area contributed by atoms with Gasteiger partial charge in [-0.05, 0) is 24.7 Å². The van der Waals surface area contributed by atoms with Crippen LogP contribution in [0.1, 0.15) is 39.0 Å². The summed E-state index contributed by atoms with van der Waals surface area (Å²) in [6.45, 7) is 2.10. The number of rotatable bonds is 4. The van der Waals surface area contributed by atoms with Crippen LogP contribution in [-0.4, -0.2) is 22.2 Å². The first-order chi connectivity index (χ1) is 7.00. The van der Waals surface area contributed by atoms with Crippen LogP contribution < -0.4 is 0 Å². The van der Waals surface area contributed by atoms with Crippen LogP contribution in [0, 0.1) is 17.8 Å². The average Bonchev–Trinajstić information content (AvgIpc) is 2.13. The monoisotopic (exact) mass is 214 g/mol. The number of aliphatic carboxylic acids is 2. The van der Waals surface area contributed by atoms with Crippen molar-refractivity contribution in [2.45, 2.75) is 39.0 Å². The second kappa shape index (κ2) is 5.14. The van der Waals surface area contributed by atoms with Gasteiger partial charge in [0.1, 0.15) is 0 Å². The summed E-state index contributed by atoms with van der Waals surface area (Å²) in [5.74, 6) is -2.11. The number of hydrogen-bond acceptors (Lipinski definition) is 2. The summed E-state index contributed by atoms with van der Waals surface area (Å²) < 4.78 is 0. The Morgan fingerprint density at radius 2 is 2.00 bits per heavy atom. The van der Waals surface area contributed by atoms with Gasteiger partial charge in [0.15, 0.2) is 0 Å². The molecular weight excluding hydrogens is 196 g/mol. The van der Waals surface area contributed by atoms with Crippen LogP contribution in [0.2, 0.25) is 0 Å². The van der Waals surface area contributed by atoms with Crippen LogP contribution in [0.25, 0.3) is 0 Å². The van der Waals surface area contributed by atoms with E-state index in [0.717, 1.165) is 25.7 Å². The van der Waals surface area contributed by atoms with Crippen molar-refractivity contribution in [2.75, 3.05) is 0 Å². The fraction of sp³-hybridized carbons (Fsp3) is 0.818. The second-order valence-electron chi connectivity index (χ2n) is 4.57. The largest absolute Gasteiger partial charge is 0.481 e. The molecule has 0 aromatic heterocycles. The van der Waals surface area contributed by atoms with Gasteiger partial charge in [0.2, 0.25) is 0 Å². The molecule has 0 aromatic rings. The van der Waals surface area contributed by atoms with Gasteiger partial charge in [-0.3, -0.25) is 9.59 Å². The van der Waals surface area contributed by atoms with Crippen LogP contribution in [-0.2, 0) is 9.59 Å². The molecule has 0 aliphatic heterocycles. The van der Waals surface area contributed by atoms with E-state index in [0.29, 0.717) is 5.92 Å². The number of carboxylic acid groups (broad SMARTS) is 2. The molecule has 0 saturated heterocycles. The minimum atomic E-state index is -1.01. The molecule has 3 unspecified atom stereocenters. The van der Waals surface area contributed by atoms with E-state index < -0.39 is 17.9 Å². The maximum Gasteiger partial charge on any atom is 0.307 e. The van der Waals surface area contributed by atoms with E-state index in [9.17, 15) is 9.59 Å². The van der Waals surface area contributed by atoms with E-state index in [1.165, 1.54) is 0 Å². The Hall–Kier alpha value is -1.06. The lowest BCUT2D eigenvalue weighted by molar-refractivity contribution is -0.151. The molecule has 0 radical (unpaired) electrons. The molecule has 1 rings (SSSR count). The molecule has 0 amide bonds. The van der Waals surface area contributed by atoms with Crippen molar-refractivity contribution in [1.29, 1.82) is 0 Å². The van der Waals surface area contributed by atoms with E-state index in [1.54, 1.807) is 0 Å². The molecular formula is C11H18O4. The van der Waals surface area contributed by atoms with Gasteiger partial charge in [0.25, 0.3) is 0 Å². The SMILES string of the molecule is CC1CCCC(C(CC(=O)O)C(=O)O)C1. The minimum absolute atomic E-state index is 0.0438. The summed E-state index contributed by atoms with van der Waals surface area (Å²) in [6.07, 6.45) is 3.62. The average molecular weight is 214 g/mol. The zero-order chi connectivity index (χ0) is 11.4. The summed E-state index contributed by atoms with van der Waals surface area (Å²) in [5.41, 5.74) is 0. The number of carboxylic acids is 2. The van der Waals surface area contributed by atoms with Gasteiger partial charge in [0.05, 0.1) is 12.3 Å². The topological polar surface area (TPSA) is 74.6 Å². The Morgan fingerprint density at radius 3 is 2.47 bits per heavy atom. The van der Waals surface area contributed by atoms with Gasteiger partial charge in [-0.25, -0.2) is 0 Å². The second-order valence-corrected chi connectivity index (χ2v) is 4.57. The van der Waals surface area contributed by atoms with Crippen LogP contribution in [0.5, 0.6) is 0 Å². The molecule has 0 heterocycles. The van der Waals surface area contributed by atoms with E-state index in [2.05, 4.69) is 6.92 Å². The smallest absolute Gasteiger partial charge is 0.307 e.